The van der Waals surface area contributed by atoms with Gasteiger partial charge in [-0.3, -0.25) is 4.79 Å². The Morgan fingerprint density at radius 3 is 2.87 bits per heavy atom. The average molecular weight is 338 g/mol. The van der Waals surface area contributed by atoms with E-state index in [1.165, 1.54) is 0 Å². The highest BCUT2D eigenvalue weighted by Gasteiger charge is 2.21. The molecule has 1 aliphatic rings. The van der Waals surface area contributed by atoms with Crippen LogP contribution in [0.1, 0.15) is 11.5 Å². The molecule has 0 aliphatic carbocycles. The van der Waals surface area contributed by atoms with Crippen molar-refractivity contribution in [1.82, 2.24) is 10.3 Å². The monoisotopic (exact) mass is 337 g/mol. The van der Waals surface area contributed by atoms with Gasteiger partial charge in [-0.15, -0.1) is 12.4 Å². The van der Waals surface area contributed by atoms with Crippen LogP contribution in [0.5, 0.6) is 0 Å². The van der Waals surface area contributed by atoms with Crippen molar-refractivity contribution in [3.8, 4) is 11.5 Å². The number of benzene rings is 1. The Morgan fingerprint density at radius 2 is 2.22 bits per heavy atom. The second-order valence-electron chi connectivity index (χ2n) is 5.29. The van der Waals surface area contributed by atoms with Gasteiger partial charge in [0.05, 0.1) is 12.3 Å². The van der Waals surface area contributed by atoms with Gasteiger partial charge >= 0.3 is 0 Å². The molecule has 23 heavy (non-hydrogen) atoms. The summed E-state index contributed by atoms with van der Waals surface area (Å²) in [6.45, 7) is 5.64. The lowest BCUT2D eigenvalue weighted by atomic mass is 10.2. The number of oxazole rings is 1. The zero-order valence-electron chi connectivity index (χ0n) is 13.1. The minimum atomic E-state index is -0.455. The summed E-state index contributed by atoms with van der Waals surface area (Å²) in [5.74, 6) is 1.21. The zero-order valence-corrected chi connectivity index (χ0v) is 13.9. The van der Waals surface area contributed by atoms with Crippen LogP contribution in [0.15, 0.2) is 28.7 Å². The molecule has 1 amide bonds. The molecule has 2 aromatic rings. The summed E-state index contributed by atoms with van der Waals surface area (Å²) in [5, 5.41) is 6.01. The molecule has 3 rings (SSSR count). The van der Waals surface area contributed by atoms with Crippen LogP contribution < -0.4 is 10.6 Å². The van der Waals surface area contributed by atoms with E-state index in [9.17, 15) is 4.79 Å². The van der Waals surface area contributed by atoms with Gasteiger partial charge in [-0.05, 0) is 32.0 Å². The van der Waals surface area contributed by atoms with Crippen molar-refractivity contribution in [2.75, 3.05) is 25.0 Å². The standard InChI is InChI=1S/C16H19N3O3.ClH/c1-10-11(2)22-16(18-10)12-4-3-5-13(8-12)19-15(20)14-9-17-6-7-21-14;/h3-5,8,14,17H,6-7,9H2,1-2H3,(H,19,20);1H. The van der Waals surface area contributed by atoms with Crippen LogP contribution in [0.25, 0.3) is 11.5 Å². The quantitative estimate of drug-likeness (QED) is 0.898. The molecule has 1 fully saturated rings. The highest BCUT2D eigenvalue weighted by Crippen LogP contribution is 2.24. The predicted octanol–water partition coefficient (Wildman–Crippen LogP) is 2.31. The molecule has 1 saturated heterocycles. The minimum Gasteiger partial charge on any atom is -0.441 e. The summed E-state index contributed by atoms with van der Waals surface area (Å²) in [6.07, 6.45) is -0.455. The van der Waals surface area contributed by atoms with Crippen molar-refractivity contribution >= 4 is 24.0 Å². The van der Waals surface area contributed by atoms with E-state index in [-0.39, 0.29) is 18.3 Å². The number of rotatable bonds is 3. The van der Waals surface area contributed by atoms with E-state index in [0.29, 0.717) is 24.7 Å². The molecule has 1 aromatic heterocycles. The molecule has 0 radical (unpaired) electrons. The van der Waals surface area contributed by atoms with E-state index >= 15 is 0 Å². The fourth-order valence-electron chi connectivity index (χ4n) is 2.28. The second-order valence-corrected chi connectivity index (χ2v) is 5.29. The van der Waals surface area contributed by atoms with Gasteiger partial charge in [-0.25, -0.2) is 4.98 Å². The highest BCUT2D eigenvalue weighted by molar-refractivity contribution is 5.94. The summed E-state index contributed by atoms with van der Waals surface area (Å²) in [7, 11) is 0. The van der Waals surface area contributed by atoms with Gasteiger partial charge in [0.2, 0.25) is 5.89 Å². The van der Waals surface area contributed by atoms with Gasteiger partial charge in [0, 0.05) is 24.3 Å². The first kappa shape index (κ1) is 17.5. The maximum atomic E-state index is 12.2. The number of aromatic nitrogens is 1. The van der Waals surface area contributed by atoms with Crippen molar-refractivity contribution < 1.29 is 13.9 Å². The number of nitrogens with one attached hydrogen (secondary N) is 2. The van der Waals surface area contributed by atoms with Crippen molar-refractivity contribution in [1.29, 1.82) is 0 Å². The number of carbonyl (C=O) groups is 1. The first-order valence-electron chi connectivity index (χ1n) is 7.31. The van der Waals surface area contributed by atoms with Gasteiger partial charge < -0.3 is 19.8 Å². The fourth-order valence-corrected chi connectivity index (χ4v) is 2.28. The number of morpholine rings is 1. The molecule has 2 N–H and O–H groups in total. The first-order chi connectivity index (χ1) is 10.6. The Balaban J connectivity index is 0.00000192. The normalized spacial score (nSPS) is 17.4. The maximum absolute atomic E-state index is 12.2. The molecule has 6 nitrogen and oxygen atoms in total. The molecule has 7 heteroatoms. The van der Waals surface area contributed by atoms with E-state index in [1.54, 1.807) is 0 Å². The average Bonchev–Trinajstić information content (AvgIpc) is 2.88. The third-order valence-corrected chi connectivity index (χ3v) is 3.63. The lowest BCUT2D eigenvalue weighted by Crippen LogP contribution is -2.45. The highest BCUT2D eigenvalue weighted by atomic mass is 35.5. The predicted molar refractivity (Wildman–Crippen MR) is 89.9 cm³/mol. The molecule has 0 saturated carbocycles. The van der Waals surface area contributed by atoms with E-state index in [4.69, 9.17) is 9.15 Å². The van der Waals surface area contributed by atoms with Crippen LogP contribution in [-0.4, -0.2) is 36.7 Å². The largest absolute Gasteiger partial charge is 0.441 e. The number of nitrogens with zero attached hydrogens (tertiary/aromatic N) is 1. The molecular weight excluding hydrogens is 318 g/mol. The van der Waals surface area contributed by atoms with Crippen molar-refractivity contribution in [2.24, 2.45) is 0 Å². The van der Waals surface area contributed by atoms with Crippen LogP contribution in [-0.2, 0) is 9.53 Å². The van der Waals surface area contributed by atoms with Crippen LogP contribution in [0.2, 0.25) is 0 Å². The third-order valence-electron chi connectivity index (χ3n) is 3.63. The van der Waals surface area contributed by atoms with E-state index < -0.39 is 6.10 Å². The number of carbonyl (C=O) groups excluding carboxylic acids is 1. The van der Waals surface area contributed by atoms with Gasteiger partial charge in [0.25, 0.3) is 5.91 Å². The van der Waals surface area contributed by atoms with E-state index in [1.807, 2.05) is 38.1 Å². The fraction of sp³-hybridized carbons (Fsp3) is 0.375. The van der Waals surface area contributed by atoms with E-state index in [0.717, 1.165) is 23.6 Å². The Kier molecular flexibility index (Phi) is 5.76. The summed E-state index contributed by atoms with van der Waals surface area (Å²) in [5.41, 5.74) is 2.40. The van der Waals surface area contributed by atoms with Crippen LogP contribution in [0.4, 0.5) is 5.69 Å². The number of ether oxygens (including phenoxy) is 1. The van der Waals surface area contributed by atoms with Crippen molar-refractivity contribution in [2.45, 2.75) is 20.0 Å². The Bertz CT molecular complexity index is 661. The number of aryl methyl sites for hydroxylation is 2. The molecule has 1 aliphatic heterocycles. The van der Waals surface area contributed by atoms with Crippen LogP contribution in [0, 0.1) is 13.8 Å². The number of anilines is 1. The summed E-state index contributed by atoms with van der Waals surface area (Å²) < 4.78 is 11.1. The molecule has 0 spiro atoms. The molecule has 0 bridgehead atoms. The maximum Gasteiger partial charge on any atom is 0.254 e. The van der Waals surface area contributed by atoms with Crippen LogP contribution in [0.3, 0.4) is 0 Å². The second kappa shape index (κ2) is 7.59. The van der Waals surface area contributed by atoms with Crippen molar-refractivity contribution in [3.05, 3.63) is 35.7 Å². The Morgan fingerprint density at radius 1 is 1.39 bits per heavy atom. The van der Waals surface area contributed by atoms with Crippen LogP contribution >= 0.6 is 12.4 Å². The number of hydrogen-bond acceptors (Lipinski definition) is 5. The molecule has 2 heterocycles. The molecule has 124 valence electrons. The zero-order chi connectivity index (χ0) is 15.5. The first-order valence-corrected chi connectivity index (χ1v) is 7.31. The van der Waals surface area contributed by atoms with Gasteiger partial charge in [-0.1, -0.05) is 6.07 Å². The minimum absolute atomic E-state index is 0. The third kappa shape index (κ3) is 4.10. The molecule has 1 atom stereocenters. The Labute approximate surface area is 141 Å². The SMILES string of the molecule is Cc1nc(-c2cccc(NC(=O)C3CNCCO3)c2)oc1C.Cl. The molecular formula is C16H20ClN3O3. The number of halogens is 1. The summed E-state index contributed by atoms with van der Waals surface area (Å²) in [6, 6.07) is 7.44. The molecule has 1 aromatic carbocycles. The lowest BCUT2D eigenvalue weighted by Gasteiger charge is -2.22. The van der Waals surface area contributed by atoms with Gasteiger partial charge in [-0.2, -0.15) is 0 Å². The van der Waals surface area contributed by atoms with E-state index in [2.05, 4.69) is 15.6 Å². The number of hydrogen-bond donors (Lipinski definition) is 2. The number of amides is 1. The summed E-state index contributed by atoms with van der Waals surface area (Å²) >= 11 is 0. The lowest BCUT2D eigenvalue weighted by molar-refractivity contribution is -0.128. The Hall–Kier alpha value is -1.89. The van der Waals surface area contributed by atoms with Gasteiger partial charge in [0.15, 0.2) is 0 Å². The molecule has 1 unspecified atom stereocenters. The summed E-state index contributed by atoms with van der Waals surface area (Å²) in [4.78, 5) is 16.5. The smallest absolute Gasteiger partial charge is 0.254 e. The van der Waals surface area contributed by atoms with Gasteiger partial charge in [0.1, 0.15) is 11.9 Å². The topological polar surface area (TPSA) is 76.4 Å². The van der Waals surface area contributed by atoms with Crippen molar-refractivity contribution in [3.63, 3.8) is 0 Å².